The number of amides is 1. The Bertz CT molecular complexity index is 654. The molecule has 0 radical (unpaired) electrons. The van der Waals surface area contributed by atoms with Crippen LogP contribution in [0.4, 0.5) is 15.8 Å². The zero-order chi connectivity index (χ0) is 14.8. The fourth-order valence-corrected chi connectivity index (χ4v) is 2.76. The Labute approximate surface area is 123 Å². The maximum atomic E-state index is 12.8. The van der Waals surface area contributed by atoms with Crippen molar-refractivity contribution in [3.05, 3.63) is 59.9 Å². The van der Waals surface area contributed by atoms with Crippen LogP contribution in [0.15, 0.2) is 48.5 Å². The maximum absolute atomic E-state index is 12.8. The van der Waals surface area contributed by atoms with Crippen LogP contribution < -0.4 is 10.2 Å². The Kier molecular flexibility index (Phi) is 3.60. The van der Waals surface area contributed by atoms with E-state index in [-0.39, 0.29) is 11.7 Å². The van der Waals surface area contributed by atoms with Crippen LogP contribution in [0.25, 0.3) is 0 Å². The number of anilines is 2. The molecule has 3 rings (SSSR count). The normalized spacial score (nSPS) is 16.7. The molecule has 2 aromatic carbocycles. The third kappa shape index (κ3) is 2.89. The van der Waals surface area contributed by atoms with E-state index in [1.165, 1.54) is 17.7 Å². The lowest BCUT2D eigenvalue weighted by Crippen LogP contribution is -2.37. The first-order chi connectivity index (χ1) is 10.1. The molecule has 1 amide bonds. The zero-order valence-electron chi connectivity index (χ0n) is 11.8. The van der Waals surface area contributed by atoms with E-state index in [1.54, 1.807) is 12.1 Å². The lowest BCUT2D eigenvalue weighted by atomic mass is 10.1. The standard InChI is InChI=1S/C17H17FN2O/c1-12-10-13-4-2-3-5-16(13)20(12)11-17(21)19-15-8-6-14(18)7-9-15/h2-9,12H,10-11H2,1H3,(H,19,21). The highest BCUT2D eigenvalue weighted by Gasteiger charge is 2.26. The Balaban J connectivity index is 1.69. The number of nitrogens with one attached hydrogen (secondary N) is 1. The van der Waals surface area contributed by atoms with Crippen LogP contribution in [-0.4, -0.2) is 18.5 Å². The van der Waals surface area contributed by atoms with Crippen LogP contribution in [0, 0.1) is 5.82 Å². The van der Waals surface area contributed by atoms with Crippen molar-refractivity contribution in [3.63, 3.8) is 0 Å². The number of rotatable bonds is 3. The average molecular weight is 284 g/mol. The summed E-state index contributed by atoms with van der Waals surface area (Å²) in [6, 6.07) is 14.3. The third-order valence-electron chi connectivity index (χ3n) is 3.79. The predicted octanol–water partition coefficient (Wildman–Crippen LogP) is 3.22. The molecule has 1 N–H and O–H groups in total. The molecule has 3 nitrogen and oxygen atoms in total. The molecule has 4 heteroatoms. The molecule has 0 spiro atoms. The molecule has 0 saturated carbocycles. The molecule has 1 heterocycles. The fraction of sp³-hybridized carbons (Fsp3) is 0.235. The molecule has 0 aliphatic carbocycles. The van der Waals surface area contributed by atoms with E-state index in [0.29, 0.717) is 18.3 Å². The number of carbonyl (C=O) groups excluding carboxylic acids is 1. The van der Waals surface area contributed by atoms with Crippen molar-refractivity contribution in [3.8, 4) is 0 Å². The van der Waals surface area contributed by atoms with Gasteiger partial charge in [-0.1, -0.05) is 18.2 Å². The van der Waals surface area contributed by atoms with Gasteiger partial charge in [-0.05, 0) is 49.2 Å². The van der Waals surface area contributed by atoms with Crippen LogP contribution in [0.2, 0.25) is 0 Å². The largest absolute Gasteiger partial charge is 0.359 e. The Morgan fingerprint density at radius 3 is 2.71 bits per heavy atom. The lowest BCUT2D eigenvalue weighted by molar-refractivity contribution is -0.115. The monoisotopic (exact) mass is 284 g/mol. The first-order valence-electron chi connectivity index (χ1n) is 7.03. The SMILES string of the molecule is CC1Cc2ccccc2N1CC(=O)Nc1ccc(F)cc1. The van der Waals surface area contributed by atoms with Gasteiger partial charge in [0.1, 0.15) is 5.82 Å². The summed E-state index contributed by atoms with van der Waals surface area (Å²) in [5.74, 6) is -0.403. The van der Waals surface area contributed by atoms with Crippen LogP contribution >= 0.6 is 0 Å². The topological polar surface area (TPSA) is 32.3 Å². The Hall–Kier alpha value is -2.36. The fourth-order valence-electron chi connectivity index (χ4n) is 2.76. The number of nitrogens with zero attached hydrogens (tertiary/aromatic N) is 1. The molecule has 0 fully saturated rings. The van der Waals surface area contributed by atoms with Gasteiger partial charge < -0.3 is 10.2 Å². The van der Waals surface area contributed by atoms with Crippen molar-refractivity contribution < 1.29 is 9.18 Å². The molecular formula is C17H17FN2O. The smallest absolute Gasteiger partial charge is 0.243 e. The number of benzene rings is 2. The van der Waals surface area contributed by atoms with E-state index in [2.05, 4.69) is 23.2 Å². The van der Waals surface area contributed by atoms with E-state index < -0.39 is 0 Å². The van der Waals surface area contributed by atoms with E-state index >= 15 is 0 Å². The van der Waals surface area contributed by atoms with Crippen LogP contribution in [0.1, 0.15) is 12.5 Å². The summed E-state index contributed by atoms with van der Waals surface area (Å²) in [6.45, 7) is 2.42. The van der Waals surface area contributed by atoms with E-state index in [4.69, 9.17) is 0 Å². The zero-order valence-corrected chi connectivity index (χ0v) is 11.8. The molecule has 1 unspecified atom stereocenters. The van der Waals surface area contributed by atoms with Gasteiger partial charge in [0.25, 0.3) is 0 Å². The van der Waals surface area contributed by atoms with Gasteiger partial charge >= 0.3 is 0 Å². The number of carbonyl (C=O) groups is 1. The summed E-state index contributed by atoms with van der Waals surface area (Å²) in [5.41, 5.74) is 3.01. The second kappa shape index (κ2) is 5.56. The summed E-state index contributed by atoms with van der Waals surface area (Å²) in [5, 5.41) is 2.80. The minimum Gasteiger partial charge on any atom is -0.359 e. The molecule has 0 saturated heterocycles. The maximum Gasteiger partial charge on any atom is 0.243 e. The van der Waals surface area contributed by atoms with E-state index in [0.717, 1.165) is 12.1 Å². The van der Waals surface area contributed by atoms with Gasteiger partial charge in [0.2, 0.25) is 5.91 Å². The van der Waals surface area contributed by atoms with Gasteiger partial charge in [0.05, 0.1) is 6.54 Å². The number of halogens is 1. The van der Waals surface area contributed by atoms with E-state index in [1.807, 2.05) is 18.2 Å². The second-order valence-electron chi connectivity index (χ2n) is 5.36. The molecule has 108 valence electrons. The molecular weight excluding hydrogens is 267 g/mol. The average Bonchev–Trinajstić information content (AvgIpc) is 2.78. The molecule has 1 aliphatic rings. The second-order valence-corrected chi connectivity index (χ2v) is 5.36. The van der Waals surface area contributed by atoms with Gasteiger partial charge in [0, 0.05) is 17.4 Å². The number of fused-ring (bicyclic) bond motifs is 1. The van der Waals surface area contributed by atoms with Gasteiger partial charge in [-0.3, -0.25) is 4.79 Å². The number of hydrogen-bond donors (Lipinski definition) is 1. The van der Waals surface area contributed by atoms with Crippen molar-refractivity contribution in [2.45, 2.75) is 19.4 Å². The summed E-state index contributed by atoms with van der Waals surface area (Å²) in [7, 11) is 0. The summed E-state index contributed by atoms with van der Waals surface area (Å²) >= 11 is 0. The Morgan fingerprint density at radius 1 is 1.24 bits per heavy atom. The highest BCUT2D eigenvalue weighted by molar-refractivity contribution is 5.94. The number of para-hydroxylation sites is 1. The van der Waals surface area contributed by atoms with Gasteiger partial charge in [-0.2, -0.15) is 0 Å². The third-order valence-corrected chi connectivity index (χ3v) is 3.79. The molecule has 21 heavy (non-hydrogen) atoms. The molecule has 0 bridgehead atoms. The molecule has 1 atom stereocenters. The Morgan fingerprint density at radius 2 is 1.95 bits per heavy atom. The van der Waals surface area contributed by atoms with Crippen molar-refractivity contribution in [2.24, 2.45) is 0 Å². The van der Waals surface area contributed by atoms with Crippen LogP contribution in [0.5, 0.6) is 0 Å². The quantitative estimate of drug-likeness (QED) is 0.938. The summed E-state index contributed by atoms with van der Waals surface area (Å²) in [4.78, 5) is 14.3. The first-order valence-corrected chi connectivity index (χ1v) is 7.03. The van der Waals surface area contributed by atoms with E-state index in [9.17, 15) is 9.18 Å². The molecule has 2 aromatic rings. The summed E-state index contributed by atoms with van der Waals surface area (Å²) in [6.07, 6.45) is 0.958. The minimum atomic E-state index is -0.310. The van der Waals surface area contributed by atoms with Gasteiger partial charge in [0.15, 0.2) is 0 Å². The lowest BCUT2D eigenvalue weighted by Gasteiger charge is -2.24. The van der Waals surface area contributed by atoms with Gasteiger partial charge in [-0.15, -0.1) is 0 Å². The predicted molar refractivity (Wildman–Crippen MR) is 82.0 cm³/mol. The van der Waals surface area contributed by atoms with Crippen molar-refractivity contribution in [1.29, 1.82) is 0 Å². The van der Waals surface area contributed by atoms with Crippen molar-refractivity contribution in [2.75, 3.05) is 16.8 Å². The van der Waals surface area contributed by atoms with Gasteiger partial charge in [-0.25, -0.2) is 4.39 Å². The highest BCUT2D eigenvalue weighted by atomic mass is 19.1. The van der Waals surface area contributed by atoms with Crippen molar-refractivity contribution >= 4 is 17.3 Å². The minimum absolute atomic E-state index is 0.0924. The van der Waals surface area contributed by atoms with Crippen molar-refractivity contribution in [1.82, 2.24) is 0 Å². The van der Waals surface area contributed by atoms with Crippen LogP contribution in [0.3, 0.4) is 0 Å². The molecule has 1 aliphatic heterocycles. The highest BCUT2D eigenvalue weighted by Crippen LogP contribution is 2.31. The summed E-state index contributed by atoms with van der Waals surface area (Å²) < 4.78 is 12.8. The first kappa shape index (κ1) is 13.6. The molecule has 0 aromatic heterocycles. The number of hydrogen-bond acceptors (Lipinski definition) is 2. The van der Waals surface area contributed by atoms with Crippen LogP contribution in [-0.2, 0) is 11.2 Å².